The Bertz CT molecular complexity index is 479. The number of nitro benzene ring substituents is 1. The van der Waals surface area contributed by atoms with Gasteiger partial charge in [0.25, 0.3) is 0 Å². The second-order valence-electron chi connectivity index (χ2n) is 3.09. The van der Waals surface area contributed by atoms with Crippen molar-refractivity contribution in [1.82, 2.24) is 0 Å². The molecule has 0 radical (unpaired) electrons. The van der Waals surface area contributed by atoms with Gasteiger partial charge in [0, 0.05) is 10.5 Å². The minimum Gasteiger partial charge on any atom is -0.479 e. The second-order valence-corrected chi connectivity index (χ2v) is 4.01. The average molecular weight is 308 g/mol. The molecule has 0 fully saturated rings. The highest BCUT2D eigenvalue weighted by Gasteiger charge is 2.25. The molecule has 1 N–H and O–H groups in total. The van der Waals surface area contributed by atoms with Gasteiger partial charge in [-0.05, 0) is 13.0 Å². The molecule has 0 saturated carbocycles. The van der Waals surface area contributed by atoms with Gasteiger partial charge in [-0.2, -0.15) is 0 Å². The summed E-state index contributed by atoms with van der Waals surface area (Å²) >= 11 is 2.89. The maximum Gasteiger partial charge on any atom is 0.344 e. The Balaban J connectivity index is 3.21. The number of hydrogen-bond donors (Lipinski definition) is 1. The Labute approximate surface area is 103 Å². The Morgan fingerprint density at radius 1 is 1.65 bits per heavy atom. The molecule has 0 spiro atoms. The van der Waals surface area contributed by atoms with Crippen molar-refractivity contribution in [2.45, 2.75) is 13.0 Å². The number of nitro groups is 1. The lowest BCUT2D eigenvalue weighted by molar-refractivity contribution is -0.386. The van der Waals surface area contributed by atoms with Crippen LogP contribution < -0.4 is 4.74 Å². The Morgan fingerprint density at radius 3 is 2.71 bits per heavy atom. The summed E-state index contributed by atoms with van der Waals surface area (Å²) in [4.78, 5) is 20.4. The summed E-state index contributed by atoms with van der Waals surface area (Å²) in [6, 6.07) is 1.99. The third-order valence-electron chi connectivity index (χ3n) is 1.83. The molecule has 1 rings (SSSR count). The van der Waals surface area contributed by atoms with Crippen LogP contribution in [0.25, 0.3) is 0 Å². The van der Waals surface area contributed by atoms with Crippen LogP contribution in [-0.4, -0.2) is 22.1 Å². The molecule has 0 bridgehead atoms. The molecule has 0 aliphatic heterocycles. The van der Waals surface area contributed by atoms with Crippen LogP contribution in [0.2, 0.25) is 0 Å². The lowest BCUT2D eigenvalue weighted by Crippen LogP contribution is -2.23. The zero-order chi connectivity index (χ0) is 13.2. The maximum absolute atomic E-state index is 13.4. The van der Waals surface area contributed by atoms with Crippen LogP contribution in [0.5, 0.6) is 5.75 Å². The van der Waals surface area contributed by atoms with E-state index < -0.39 is 34.3 Å². The summed E-state index contributed by atoms with van der Waals surface area (Å²) in [6.07, 6.45) is -1.38. The van der Waals surface area contributed by atoms with Crippen LogP contribution in [-0.2, 0) is 4.79 Å². The maximum atomic E-state index is 13.4. The topological polar surface area (TPSA) is 89.7 Å². The van der Waals surface area contributed by atoms with E-state index in [9.17, 15) is 19.3 Å². The molecule has 8 heteroatoms. The first-order chi connectivity index (χ1) is 7.82. The highest BCUT2D eigenvalue weighted by molar-refractivity contribution is 9.10. The van der Waals surface area contributed by atoms with Crippen molar-refractivity contribution in [3.05, 3.63) is 32.5 Å². The number of hydrogen-bond acceptors (Lipinski definition) is 4. The third kappa shape index (κ3) is 3.13. The molecule has 0 aliphatic carbocycles. The van der Waals surface area contributed by atoms with Gasteiger partial charge in [0.05, 0.1) is 4.92 Å². The van der Waals surface area contributed by atoms with E-state index in [4.69, 9.17) is 9.84 Å². The summed E-state index contributed by atoms with van der Waals surface area (Å²) in [6.45, 7) is 1.15. The number of halogens is 2. The van der Waals surface area contributed by atoms with Gasteiger partial charge in [0.2, 0.25) is 5.75 Å². The van der Waals surface area contributed by atoms with Crippen LogP contribution in [0, 0.1) is 15.9 Å². The van der Waals surface area contributed by atoms with E-state index in [-0.39, 0.29) is 4.47 Å². The van der Waals surface area contributed by atoms with Crippen molar-refractivity contribution in [3.8, 4) is 5.75 Å². The summed E-state index contributed by atoms with van der Waals surface area (Å²) in [7, 11) is 0. The lowest BCUT2D eigenvalue weighted by Gasteiger charge is -2.11. The average Bonchev–Trinajstić information content (AvgIpc) is 2.20. The number of aliphatic carboxylic acids is 1. The van der Waals surface area contributed by atoms with Gasteiger partial charge >= 0.3 is 11.7 Å². The normalized spacial score (nSPS) is 11.9. The lowest BCUT2D eigenvalue weighted by atomic mass is 10.3. The number of carboxylic acids is 1. The predicted molar refractivity (Wildman–Crippen MR) is 58.5 cm³/mol. The summed E-state index contributed by atoms with van der Waals surface area (Å²) in [5, 5.41) is 19.3. The summed E-state index contributed by atoms with van der Waals surface area (Å²) in [5.41, 5.74) is -0.634. The van der Waals surface area contributed by atoms with E-state index in [1.807, 2.05) is 0 Å². The molecule has 1 aromatic rings. The van der Waals surface area contributed by atoms with Gasteiger partial charge in [-0.3, -0.25) is 10.1 Å². The highest BCUT2D eigenvalue weighted by Crippen LogP contribution is 2.34. The second kappa shape index (κ2) is 5.09. The van der Waals surface area contributed by atoms with E-state index in [0.717, 1.165) is 19.1 Å². The number of ether oxygens (including phenoxy) is 1. The van der Waals surface area contributed by atoms with Crippen molar-refractivity contribution >= 4 is 27.6 Å². The number of nitrogens with zero attached hydrogens (tertiary/aromatic N) is 1. The molecule has 17 heavy (non-hydrogen) atoms. The van der Waals surface area contributed by atoms with Crippen LogP contribution in [0.1, 0.15) is 6.92 Å². The molecule has 1 aromatic carbocycles. The number of rotatable bonds is 4. The van der Waals surface area contributed by atoms with E-state index in [2.05, 4.69) is 15.9 Å². The van der Waals surface area contributed by atoms with Gasteiger partial charge in [-0.1, -0.05) is 15.9 Å². The SMILES string of the molecule is CC(Oc1c(F)cc(Br)cc1[N+](=O)[O-])C(=O)O. The van der Waals surface area contributed by atoms with E-state index >= 15 is 0 Å². The minimum absolute atomic E-state index is 0.164. The fourth-order valence-electron chi connectivity index (χ4n) is 1.03. The number of carboxylic acid groups (broad SMARTS) is 1. The molecular weight excluding hydrogens is 301 g/mol. The molecule has 0 aromatic heterocycles. The largest absolute Gasteiger partial charge is 0.479 e. The van der Waals surface area contributed by atoms with Gasteiger partial charge in [-0.25, -0.2) is 9.18 Å². The van der Waals surface area contributed by atoms with E-state index in [1.165, 1.54) is 0 Å². The van der Waals surface area contributed by atoms with Gasteiger partial charge < -0.3 is 9.84 Å². The molecule has 0 amide bonds. The van der Waals surface area contributed by atoms with Crippen molar-refractivity contribution in [2.75, 3.05) is 0 Å². The molecule has 92 valence electrons. The van der Waals surface area contributed by atoms with Gasteiger partial charge in [0.1, 0.15) is 0 Å². The Kier molecular flexibility index (Phi) is 4.00. The monoisotopic (exact) mass is 307 g/mol. The van der Waals surface area contributed by atoms with Crippen LogP contribution in [0.3, 0.4) is 0 Å². The molecule has 0 aliphatic rings. The Hall–Kier alpha value is -1.70. The Morgan fingerprint density at radius 2 is 2.24 bits per heavy atom. The molecule has 1 atom stereocenters. The molecule has 1 unspecified atom stereocenters. The van der Waals surface area contributed by atoms with Crippen molar-refractivity contribution < 1.29 is 24.0 Å². The van der Waals surface area contributed by atoms with Crippen molar-refractivity contribution in [2.24, 2.45) is 0 Å². The summed E-state index contributed by atoms with van der Waals surface area (Å²) < 4.78 is 18.3. The zero-order valence-corrected chi connectivity index (χ0v) is 10.1. The smallest absolute Gasteiger partial charge is 0.344 e. The first-order valence-electron chi connectivity index (χ1n) is 4.36. The predicted octanol–water partition coefficient (Wildman–Crippen LogP) is 2.35. The molecular formula is C9H7BrFNO5. The van der Waals surface area contributed by atoms with Gasteiger partial charge in [-0.15, -0.1) is 0 Å². The van der Waals surface area contributed by atoms with Crippen LogP contribution >= 0.6 is 15.9 Å². The number of benzene rings is 1. The van der Waals surface area contributed by atoms with Gasteiger partial charge in [0.15, 0.2) is 11.9 Å². The quantitative estimate of drug-likeness (QED) is 0.681. The molecule has 0 saturated heterocycles. The minimum atomic E-state index is -1.38. The first kappa shape index (κ1) is 13.4. The highest BCUT2D eigenvalue weighted by atomic mass is 79.9. The number of carbonyl (C=O) groups is 1. The standard InChI is InChI=1S/C9H7BrFNO5/c1-4(9(13)14)17-8-6(11)2-5(10)3-7(8)12(15)16/h2-4H,1H3,(H,13,14). The first-order valence-corrected chi connectivity index (χ1v) is 5.15. The molecule has 0 heterocycles. The van der Waals surface area contributed by atoms with Crippen molar-refractivity contribution in [1.29, 1.82) is 0 Å². The molecule has 6 nitrogen and oxygen atoms in total. The summed E-state index contributed by atoms with van der Waals surface area (Å²) in [5.74, 6) is -3.03. The van der Waals surface area contributed by atoms with Crippen LogP contribution in [0.15, 0.2) is 16.6 Å². The van der Waals surface area contributed by atoms with Crippen LogP contribution in [0.4, 0.5) is 10.1 Å². The third-order valence-corrected chi connectivity index (χ3v) is 2.29. The van der Waals surface area contributed by atoms with Crippen molar-refractivity contribution in [3.63, 3.8) is 0 Å². The fraction of sp³-hybridized carbons (Fsp3) is 0.222. The fourth-order valence-corrected chi connectivity index (χ4v) is 1.44. The van der Waals surface area contributed by atoms with E-state index in [0.29, 0.717) is 0 Å². The van der Waals surface area contributed by atoms with E-state index in [1.54, 1.807) is 0 Å². The zero-order valence-electron chi connectivity index (χ0n) is 8.52.